The zero-order valence-corrected chi connectivity index (χ0v) is 68.5. The van der Waals surface area contributed by atoms with Crippen LogP contribution in [0.5, 0.6) is 0 Å². The molecule has 59 nitrogen and oxygen atoms in total. The van der Waals surface area contributed by atoms with Crippen molar-refractivity contribution >= 4 is 53.4 Å². The highest BCUT2D eigenvalue weighted by atomic mass is 16.8. The molecule has 0 aliphatic carbocycles. The zero-order valence-electron chi connectivity index (χ0n) is 68.5. The molecule has 0 aromatic rings. The maximum Gasteiger partial charge on any atom is 0.364 e. The minimum Gasteiger partial charge on any atom is -0.477 e. The zero-order chi connectivity index (χ0) is 96.6. The Morgan fingerprint density at radius 2 is 0.643 bits per heavy atom. The molecule has 8 fully saturated rings. The van der Waals surface area contributed by atoms with Gasteiger partial charge in [0, 0.05) is 53.4 Å². The fourth-order valence-corrected chi connectivity index (χ4v) is 16.3. The molecule has 5 amide bonds. The van der Waals surface area contributed by atoms with Gasteiger partial charge in [-0.1, -0.05) is 0 Å². The van der Waals surface area contributed by atoms with Gasteiger partial charge >= 0.3 is 23.9 Å². The first-order valence-electron chi connectivity index (χ1n) is 39.8. The van der Waals surface area contributed by atoms with Gasteiger partial charge in [0.1, 0.15) is 177 Å². The minimum absolute atomic E-state index is 0.748. The highest BCUT2D eigenvalue weighted by molar-refractivity contribution is 5.80. The van der Waals surface area contributed by atoms with Crippen LogP contribution in [0.1, 0.15) is 53.4 Å². The van der Waals surface area contributed by atoms with Gasteiger partial charge in [0.15, 0.2) is 25.2 Å². The molecule has 0 unspecified atom stereocenters. The Kier molecular flexibility index (Phi) is 37.9. The van der Waals surface area contributed by atoms with Gasteiger partial charge in [-0.15, -0.1) is 0 Å². The van der Waals surface area contributed by atoms with Crippen molar-refractivity contribution in [3.05, 3.63) is 0 Å². The van der Waals surface area contributed by atoms with Crippen LogP contribution in [0, 0.1) is 0 Å². The number of hydrogen-bond acceptors (Lipinski definition) is 50. The van der Waals surface area contributed by atoms with E-state index in [0.717, 1.165) is 27.7 Å². The molecular weight excluding hydrogens is 1770 g/mol. The third kappa shape index (κ3) is 23.6. The first-order valence-corrected chi connectivity index (χ1v) is 39.8. The summed E-state index contributed by atoms with van der Waals surface area (Å²) < 4.78 is 87.4. The van der Waals surface area contributed by atoms with E-state index in [1.165, 1.54) is 0 Å². The molecule has 8 aliphatic heterocycles. The number of amides is 5. The van der Waals surface area contributed by atoms with E-state index < -0.39 is 406 Å². The topological polar surface area (TPSA) is 959 Å². The van der Waals surface area contributed by atoms with E-state index in [2.05, 4.69) is 21.3 Å². The average Bonchev–Trinajstić information content (AvgIpc) is 0.732. The molecule has 8 saturated heterocycles. The van der Waals surface area contributed by atoms with Gasteiger partial charge in [0.2, 0.25) is 29.5 Å². The normalized spacial score (nSPS) is 42.3. The van der Waals surface area contributed by atoms with E-state index >= 15 is 0 Å². The predicted octanol–water partition coefficient (Wildman–Crippen LogP) is -21.9. The molecule has 742 valence electrons. The third-order valence-corrected chi connectivity index (χ3v) is 22.7. The molecule has 59 heteroatoms. The summed E-state index contributed by atoms with van der Waals surface area (Å²) in [6, 6.07) is -10.6. The monoisotopic (exact) mass is 1890 g/mol. The van der Waals surface area contributed by atoms with Crippen molar-refractivity contribution in [3.8, 4) is 0 Å². The Hall–Kier alpha value is -6.41. The molecule has 129 heavy (non-hydrogen) atoms. The maximum absolute atomic E-state index is 14.5. The van der Waals surface area contributed by atoms with Gasteiger partial charge in [-0.3, -0.25) is 24.0 Å². The molecule has 44 atom stereocenters. The summed E-state index contributed by atoms with van der Waals surface area (Å²) in [7, 11) is 0. The number of aliphatic hydroxyl groups excluding tert-OH is 26. The van der Waals surface area contributed by atoms with Crippen LogP contribution in [0.15, 0.2) is 0 Å². The van der Waals surface area contributed by atoms with Crippen molar-refractivity contribution < 1.29 is 267 Å². The van der Waals surface area contributed by atoms with Crippen LogP contribution in [0.25, 0.3) is 0 Å². The third-order valence-electron chi connectivity index (χ3n) is 22.7. The first kappa shape index (κ1) is 108. The van der Waals surface area contributed by atoms with Crippen LogP contribution in [-0.4, -0.2) is 534 Å². The smallest absolute Gasteiger partial charge is 0.364 e. The summed E-state index contributed by atoms with van der Waals surface area (Å²) >= 11 is 0. The predicted molar refractivity (Wildman–Crippen MR) is 393 cm³/mol. The molecule has 0 bridgehead atoms. The summed E-state index contributed by atoms with van der Waals surface area (Å²) in [5.41, 5.74) is 0. The lowest BCUT2D eigenvalue weighted by Gasteiger charge is -2.53. The Labute approximate surface area is 726 Å². The average molecular weight is 1890 g/mol. The molecule has 0 spiro atoms. The van der Waals surface area contributed by atoms with Crippen molar-refractivity contribution in [1.82, 2.24) is 26.6 Å². The maximum atomic E-state index is 14.5. The van der Waals surface area contributed by atoms with Crippen LogP contribution in [0.4, 0.5) is 0 Å². The van der Waals surface area contributed by atoms with Crippen LogP contribution < -0.4 is 26.6 Å². The second kappa shape index (κ2) is 45.3. The summed E-state index contributed by atoms with van der Waals surface area (Å²) in [5, 5.41) is 345. The van der Waals surface area contributed by atoms with Gasteiger partial charge in [0.05, 0.1) is 101 Å². The number of carbonyl (C=O) groups is 9. The van der Waals surface area contributed by atoms with Gasteiger partial charge in [-0.25, -0.2) is 19.2 Å². The standard InChI is InChI=1S/C70H113N5O54/c1-18(85)71-35-23(90)7-69(65(111)112,125-53(35)40(96)26(93)9-76)128-57-43(99)29(12-79)117-61(48(57)104)121-52-39(74-21(4)88)60(116-28(11-78)42(52)98)120-51-33(16-83)118-62(119-50-32(15-82)115-59(106)47(103)46(50)102)49(105)58(51)129-70(66(113)114)8-24(91)37(73-20(3)87)56(127-70)45(101)31(14-81)123-68(64(109)110)5-22(89)36(72-19(2)86)55(126-68)44(100)30(13-80)122-67(63(107)108)6-25(92)38(75-34(95)17-84)54(124-67)41(97)27(94)10-77/h22-33,35-62,76-84,89-94,96-106H,5-17H2,1-4H3,(H,71,85)(H,72,86)(H,73,87)(H,74,88)(H,75,95)(H,107,108)(H,109,110)(H,111,112)(H,113,114)/t22-,23-,24-,25-,26+,27+,28+,29+,30+,31+,32+,33+,35+,36+,37+,38+,39+,40+,41+,42-,43-,44+,45+,46+,47+,48+,49+,50+,51-,52+,53+,54+,55+,56+,57-,58+,59+,60-,61-,62-,67+,68+,69-,70-/m0/s1. The fourth-order valence-electron chi connectivity index (χ4n) is 16.3. The van der Waals surface area contributed by atoms with E-state index in [0.29, 0.717) is 0 Å². The van der Waals surface area contributed by atoms with Gasteiger partial charge < -0.3 is 251 Å². The van der Waals surface area contributed by atoms with Crippen LogP contribution in [-0.2, 0) is 114 Å². The lowest BCUT2D eigenvalue weighted by molar-refractivity contribution is -0.405. The number of aliphatic hydroxyl groups is 26. The van der Waals surface area contributed by atoms with Crippen LogP contribution >= 0.6 is 0 Å². The Balaban J connectivity index is 1.19. The van der Waals surface area contributed by atoms with Gasteiger partial charge in [-0.2, -0.15) is 0 Å². The summed E-state index contributed by atoms with van der Waals surface area (Å²) in [6.07, 6.45) is -93.0. The Bertz CT molecular complexity index is 3740. The lowest BCUT2D eigenvalue weighted by atomic mass is 9.86. The molecule has 8 heterocycles. The summed E-state index contributed by atoms with van der Waals surface area (Å²) in [4.78, 5) is 119. The van der Waals surface area contributed by atoms with E-state index in [1.54, 1.807) is 0 Å². The molecule has 8 rings (SSSR count). The number of carbonyl (C=O) groups excluding carboxylic acids is 5. The number of aliphatic carboxylic acids is 4. The SMILES string of the molecule is CC(=O)N[C@H]1[C@H](O[C@@H]2[C@H](O[C@]3(C(=O)O)C[C@H](O)[C@@H](NC(C)=O)[C@H]([C@H](O)[C@@H](CO)O[C@]4(C(=O)O)C[C@H](O)[C@@H](NC(C)=O)[C@H]([C@H](O)[C@@H](CO)O[C@]5(C(=O)O)C[C@H](O)[C@@H](NC(=O)CO)[C@H]([C@H](O)[C@H](O)CO)O5)O4)O3)[C@@H](O)[C@H](O[C@H]3[C@H](O)[C@@H](O)[C@H](O)O[C@@H]3CO)O[C@@H]2CO)O[C@H](CO)[C@H](O)[C@@H]1O[C@@H]1O[C@H](CO)[C@H](O)[C@H](O[C@]2(C(=O)O)C[C@H](O)[C@@H](NC(C)=O)[C@H]([C@H](O)[C@H](O)CO)O2)[C@H]1O. The number of carboxylic acids is 4. The van der Waals surface area contributed by atoms with Crippen molar-refractivity contribution in [2.45, 2.75) is 321 Å². The lowest BCUT2D eigenvalue weighted by Crippen LogP contribution is -2.73. The number of ether oxygens (including phenoxy) is 15. The van der Waals surface area contributed by atoms with E-state index in [9.17, 15) is 196 Å². The highest BCUT2D eigenvalue weighted by Crippen LogP contribution is 2.46. The highest BCUT2D eigenvalue weighted by Gasteiger charge is 2.67. The molecule has 0 saturated carbocycles. The summed E-state index contributed by atoms with van der Waals surface area (Å²) in [5.74, 6) is -29.9. The Morgan fingerprint density at radius 3 is 1.01 bits per heavy atom. The van der Waals surface area contributed by atoms with E-state index in [4.69, 9.17) is 71.1 Å². The molecular formula is C70H113N5O54. The van der Waals surface area contributed by atoms with Crippen LogP contribution in [0.3, 0.4) is 0 Å². The second-order valence-electron chi connectivity index (χ2n) is 31.8. The number of rotatable bonds is 40. The number of nitrogens with one attached hydrogen (secondary N) is 5. The Morgan fingerprint density at radius 1 is 0.333 bits per heavy atom. The van der Waals surface area contributed by atoms with E-state index in [-0.39, 0.29) is 0 Å². The van der Waals surface area contributed by atoms with Crippen molar-refractivity contribution in [1.29, 1.82) is 0 Å². The molecule has 0 aromatic carbocycles. The largest absolute Gasteiger partial charge is 0.477 e. The number of hydrogen-bond donors (Lipinski definition) is 35. The van der Waals surface area contributed by atoms with Crippen molar-refractivity contribution in [3.63, 3.8) is 0 Å². The molecule has 0 aromatic heterocycles. The quantitative estimate of drug-likeness (QED) is 0.0271. The first-order chi connectivity index (χ1) is 60.4. The fraction of sp³-hybridized carbons (Fsp3) is 0.871. The van der Waals surface area contributed by atoms with Crippen LogP contribution in [0.2, 0.25) is 0 Å². The van der Waals surface area contributed by atoms with Crippen molar-refractivity contribution in [2.75, 3.05) is 59.5 Å². The van der Waals surface area contributed by atoms with Crippen molar-refractivity contribution in [2.24, 2.45) is 0 Å². The molecule has 35 N–H and O–H groups in total. The molecule has 0 radical (unpaired) electrons. The second-order valence-corrected chi connectivity index (χ2v) is 31.8. The minimum atomic E-state index is -3.90. The number of carboxylic acid groups (broad SMARTS) is 4. The summed E-state index contributed by atoms with van der Waals surface area (Å²) in [6.45, 7) is -9.64. The van der Waals surface area contributed by atoms with Gasteiger partial charge in [-0.05, 0) is 0 Å². The van der Waals surface area contributed by atoms with E-state index in [1.807, 2.05) is 5.32 Å². The molecule has 8 aliphatic rings. The van der Waals surface area contributed by atoms with Gasteiger partial charge in [0.25, 0.3) is 23.1 Å².